The van der Waals surface area contributed by atoms with Gasteiger partial charge in [0, 0.05) is 31.7 Å². The average Bonchev–Trinajstić information content (AvgIpc) is 2.73. The Labute approximate surface area is 185 Å². The SMILES string of the molecule is Cc1ccc(OC[C@@H](C)NC(=O)c2ccc(C)c(S(=O)(=O)N3CCN(C)CC3)c2)cc1. The first-order valence-corrected chi connectivity index (χ1v) is 11.9. The number of aryl methyl sites for hydroxylation is 2. The molecule has 0 saturated carbocycles. The molecule has 7 nitrogen and oxygen atoms in total. The van der Waals surface area contributed by atoms with E-state index in [1.807, 2.05) is 45.2 Å². The second-order valence-corrected chi connectivity index (χ2v) is 10.1. The zero-order valence-corrected chi connectivity index (χ0v) is 19.4. The minimum atomic E-state index is -3.65. The van der Waals surface area contributed by atoms with Crippen LogP contribution in [0, 0.1) is 13.8 Å². The largest absolute Gasteiger partial charge is 0.491 e. The fourth-order valence-corrected chi connectivity index (χ4v) is 5.06. The molecule has 1 aliphatic rings. The molecule has 1 atom stereocenters. The molecule has 0 bridgehead atoms. The number of carbonyl (C=O) groups excluding carboxylic acids is 1. The zero-order chi connectivity index (χ0) is 22.6. The van der Waals surface area contributed by atoms with Crippen LogP contribution in [-0.4, -0.2) is 69.4 Å². The van der Waals surface area contributed by atoms with E-state index in [4.69, 9.17) is 4.74 Å². The number of piperazine rings is 1. The van der Waals surface area contributed by atoms with Crippen molar-refractivity contribution in [3.63, 3.8) is 0 Å². The van der Waals surface area contributed by atoms with E-state index in [0.29, 0.717) is 43.9 Å². The lowest BCUT2D eigenvalue weighted by Crippen LogP contribution is -2.47. The van der Waals surface area contributed by atoms with Gasteiger partial charge in [0.2, 0.25) is 10.0 Å². The molecule has 1 heterocycles. The predicted molar refractivity (Wildman–Crippen MR) is 121 cm³/mol. The van der Waals surface area contributed by atoms with Gasteiger partial charge in [-0.15, -0.1) is 0 Å². The molecule has 3 rings (SSSR count). The Kier molecular flexibility index (Phi) is 7.35. The maximum absolute atomic E-state index is 13.2. The molecule has 31 heavy (non-hydrogen) atoms. The summed E-state index contributed by atoms with van der Waals surface area (Å²) < 4.78 is 33.5. The third-order valence-electron chi connectivity index (χ3n) is 5.43. The Morgan fingerprint density at radius 3 is 2.35 bits per heavy atom. The van der Waals surface area contributed by atoms with Gasteiger partial charge in [0.1, 0.15) is 12.4 Å². The Morgan fingerprint density at radius 1 is 1.06 bits per heavy atom. The zero-order valence-electron chi connectivity index (χ0n) is 18.6. The van der Waals surface area contributed by atoms with Crippen molar-refractivity contribution in [1.82, 2.24) is 14.5 Å². The lowest BCUT2D eigenvalue weighted by molar-refractivity contribution is 0.0926. The molecule has 1 saturated heterocycles. The van der Waals surface area contributed by atoms with E-state index in [2.05, 4.69) is 10.2 Å². The highest BCUT2D eigenvalue weighted by Crippen LogP contribution is 2.22. The number of amides is 1. The summed E-state index contributed by atoms with van der Waals surface area (Å²) in [7, 11) is -1.67. The van der Waals surface area contributed by atoms with Gasteiger partial charge in [-0.2, -0.15) is 4.31 Å². The lowest BCUT2D eigenvalue weighted by atomic mass is 10.1. The second-order valence-electron chi connectivity index (χ2n) is 8.19. The normalized spacial score (nSPS) is 16.6. The van der Waals surface area contributed by atoms with Gasteiger partial charge < -0.3 is 15.0 Å². The van der Waals surface area contributed by atoms with Crippen LogP contribution in [0.25, 0.3) is 0 Å². The maximum atomic E-state index is 13.2. The standard InChI is InChI=1S/C23H31N3O4S/c1-17-5-9-21(10-6-17)30-16-19(3)24-23(27)20-8-7-18(2)22(15-20)31(28,29)26-13-11-25(4)12-14-26/h5-10,15,19H,11-14,16H2,1-4H3,(H,24,27)/t19-/m1/s1. The summed E-state index contributed by atoms with van der Waals surface area (Å²) in [4.78, 5) is 15.0. The van der Waals surface area contributed by atoms with E-state index in [9.17, 15) is 13.2 Å². The van der Waals surface area contributed by atoms with E-state index in [1.54, 1.807) is 19.1 Å². The van der Waals surface area contributed by atoms with Crippen LogP contribution in [0.5, 0.6) is 5.75 Å². The molecule has 1 N–H and O–H groups in total. The highest BCUT2D eigenvalue weighted by molar-refractivity contribution is 7.89. The first kappa shape index (κ1) is 23.2. The molecular weight excluding hydrogens is 414 g/mol. The van der Waals surface area contributed by atoms with E-state index in [-0.39, 0.29) is 16.8 Å². The second kappa shape index (κ2) is 9.80. The van der Waals surface area contributed by atoms with Crippen molar-refractivity contribution in [3.8, 4) is 5.75 Å². The van der Waals surface area contributed by atoms with Gasteiger partial charge in [0.05, 0.1) is 10.9 Å². The number of nitrogens with one attached hydrogen (secondary N) is 1. The van der Waals surface area contributed by atoms with Gasteiger partial charge in [-0.1, -0.05) is 23.8 Å². The van der Waals surface area contributed by atoms with Crippen LogP contribution < -0.4 is 10.1 Å². The molecule has 2 aromatic rings. The van der Waals surface area contributed by atoms with Crippen molar-refractivity contribution in [2.24, 2.45) is 0 Å². The van der Waals surface area contributed by atoms with Gasteiger partial charge in [0.25, 0.3) is 5.91 Å². The van der Waals surface area contributed by atoms with Crippen LogP contribution in [-0.2, 0) is 10.0 Å². The van der Waals surface area contributed by atoms with E-state index in [1.165, 1.54) is 10.4 Å². The van der Waals surface area contributed by atoms with Crippen molar-refractivity contribution in [1.29, 1.82) is 0 Å². The molecule has 1 fully saturated rings. The third kappa shape index (κ3) is 5.84. The molecule has 0 radical (unpaired) electrons. The number of likely N-dealkylation sites (N-methyl/N-ethyl adjacent to an activating group) is 1. The highest BCUT2D eigenvalue weighted by Gasteiger charge is 2.29. The average molecular weight is 446 g/mol. The minimum absolute atomic E-state index is 0.188. The molecule has 0 spiro atoms. The molecule has 0 unspecified atom stereocenters. The summed E-state index contributed by atoms with van der Waals surface area (Å²) in [5.74, 6) is 0.414. The lowest BCUT2D eigenvalue weighted by Gasteiger charge is -2.32. The van der Waals surface area contributed by atoms with Crippen molar-refractivity contribution in [2.75, 3.05) is 39.8 Å². The van der Waals surface area contributed by atoms with E-state index in [0.717, 1.165) is 11.3 Å². The molecule has 2 aromatic carbocycles. The Morgan fingerprint density at radius 2 is 1.71 bits per heavy atom. The van der Waals surface area contributed by atoms with Crippen LogP contribution in [0.15, 0.2) is 47.4 Å². The number of carbonyl (C=O) groups is 1. The molecule has 168 valence electrons. The van der Waals surface area contributed by atoms with Crippen LogP contribution in [0.1, 0.15) is 28.4 Å². The fraction of sp³-hybridized carbons (Fsp3) is 0.435. The monoisotopic (exact) mass is 445 g/mol. The van der Waals surface area contributed by atoms with Crippen LogP contribution in [0.4, 0.5) is 0 Å². The van der Waals surface area contributed by atoms with Crippen LogP contribution in [0.2, 0.25) is 0 Å². The topological polar surface area (TPSA) is 78.9 Å². The number of sulfonamides is 1. The maximum Gasteiger partial charge on any atom is 0.251 e. The van der Waals surface area contributed by atoms with E-state index < -0.39 is 10.0 Å². The summed E-state index contributed by atoms with van der Waals surface area (Å²) in [5, 5.41) is 2.88. The summed E-state index contributed by atoms with van der Waals surface area (Å²) in [6.07, 6.45) is 0. The van der Waals surface area contributed by atoms with Gasteiger partial charge >= 0.3 is 0 Å². The summed E-state index contributed by atoms with van der Waals surface area (Å²) in [5.41, 5.74) is 2.10. The van der Waals surface area contributed by atoms with Crippen molar-refractivity contribution in [3.05, 3.63) is 59.2 Å². The smallest absolute Gasteiger partial charge is 0.251 e. The molecule has 0 aliphatic carbocycles. The predicted octanol–water partition coefficient (Wildman–Crippen LogP) is 2.44. The molecule has 1 aliphatic heterocycles. The number of hydrogen-bond acceptors (Lipinski definition) is 5. The summed E-state index contributed by atoms with van der Waals surface area (Å²) >= 11 is 0. The first-order chi connectivity index (χ1) is 14.7. The van der Waals surface area contributed by atoms with E-state index >= 15 is 0 Å². The quantitative estimate of drug-likeness (QED) is 0.708. The van der Waals surface area contributed by atoms with Crippen molar-refractivity contribution >= 4 is 15.9 Å². The van der Waals surface area contributed by atoms with Gasteiger partial charge in [-0.25, -0.2) is 8.42 Å². The third-order valence-corrected chi connectivity index (χ3v) is 7.47. The minimum Gasteiger partial charge on any atom is -0.491 e. The van der Waals surface area contributed by atoms with Crippen molar-refractivity contribution < 1.29 is 17.9 Å². The number of ether oxygens (including phenoxy) is 1. The van der Waals surface area contributed by atoms with Crippen LogP contribution >= 0.6 is 0 Å². The molecule has 0 aromatic heterocycles. The Bertz CT molecular complexity index is 1010. The Hall–Kier alpha value is -2.42. The van der Waals surface area contributed by atoms with Crippen molar-refractivity contribution in [2.45, 2.75) is 31.7 Å². The number of benzene rings is 2. The Balaban J connectivity index is 1.67. The fourth-order valence-electron chi connectivity index (χ4n) is 3.39. The van der Waals surface area contributed by atoms with Gasteiger partial charge in [-0.05, 0) is 57.6 Å². The van der Waals surface area contributed by atoms with Crippen LogP contribution in [0.3, 0.4) is 0 Å². The number of hydrogen-bond donors (Lipinski definition) is 1. The molecule has 8 heteroatoms. The van der Waals surface area contributed by atoms with Gasteiger partial charge in [-0.3, -0.25) is 4.79 Å². The number of nitrogens with zero attached hydrogens (tertiary/aromatic N) is 2. The summed E-state index contributed by atoms with van der Waals surface area (Å²) in [6.45, 7) is 8.20. The number of rotatable bonds is 7. The first-order valence-electron chi connectivity index (χ1n) is 10.5. The van der Waals surface area contributed by atoms with Gasteiger partial charge in [0.15, 0.2) is 0 Å². The highest BCUT2D eigenvalue weighted by atomic mass is 32.2. The molecule has 1 amide bonds. The summed E-state index contributed by atoms with van der Waals surface area (Å²) in [6, 6.07) is 12.3. The molecular formula is C23H31N3O4S.